The van der Waals surface area contributed by atoms with Crippen LogP contribution < -0.4 is 4.74 Å². The lowest BCUT2D eigenvalue weighted by Gasteiger charge is -2.63. The molecule has 5 rings (SSSR count). The van der Waals surface area contributed by atoms with Gasteiger partial charge in [0.05, 0.1) is 7.11 Å². The lowest BCUT2D eigenvalue weighted by molar-refractivity contribution is -0.127. The average molecular weight is 576 g/mol. The third-order valence-corrected chi connectivity index (χ3v) is 17.7. The molecule has 3 aliphatic rings. The Hall–Kier alpha value is -1.95. The van der Waals surface area contributed by atoms with Gasteiger partial charge in [-0.3, -0.25) is 4.90 Å². The fourth-order valence-electron chi connectivity index (χ4n) is 10.3. The molecule has 4 nitrogen and oxygen atoms in total. The molecule has 5 heteroatoms. The summed E-state index contributed by atoms with van der Waals surface area (Å²) < 4.78 is 13.3. The number of benzene rings is 2. The van der Waals surface area contributed by atoms with Crippen LogP contribution in [0.3, 0.4) is 0 Å². The van der Waals surface area contributed by atoms with Crippen LogP contribution in [-0.4, -0.2) is 45.8 Å². The van der Waals surface area contributed by atoms with Crippen LogP contribution in [0.15, 0.2) is 48.5 Å². The van der Waals surface area contributed by atoms with Crippen molar-refractivity contribution in [3.63, 3.8) is 0 Å². The van der Waals surface area contributed by atoms with Gasteiger partial charge in [0, 0.05) is 43.5 Å². The summed E-state index contributed by atoms with van der Waals surface area (Å²) in [5, 5.41) is 0. The van der Waals surface area contributed by atoms with E-state index in [2.05, 4.69) is 102 Å². The maximum atomic E-state index is 12.3. The highest BCUT2D eigenvalue weighted by Gasteiger charge is 2.66. The Balaban J connectivity index is 1.68. The topological polar surface area (TPSA) is 38.8 Å². The number of carbonyl (C=O) groups is 1. The molecule has 2 fully saturated rings. The minimum Gasteiger partial charge on any atom is -0.497 e. The highest BCUT2D eigenvalue weighted by molar-refractivity contribution is 6.77. The summed E-state index contributed by atoms with van der Waals surface area (Å²) in [6.07, 6.45) is 5.37. The Morgan fingerprint density at radius 2 is 1.68 bits per heavy atom. The van der Waals surface area contributed by atoms with Crippen LogP contribution in [-0.2, 0) is 21.2 Å². The molecule has 0 amide bonds. The van der Waals surface area contributed by atoms with Crippen molar-refractivity contribution in [3.8, 4) is 5.75 Å². The fourth-order valence-corrected chi connectivity index (χ4v) is 15.8. The van der Waals surface area contributed by atoms with Crippen LogP contribution in [0.1, 0.15) is 96.8 Å². The SMILES string of the molecule is COc1ccc2c(c1)C(CO[Si](C(C)C)(C(C)C)C(C)C)C1N(Cc3ccccc3)CC3(C)CCCC21[C@@H]3CC=O. The molecule has 0 N–H and O–H groups in total. The number of hydrogen-bond acceptors (Lipinski definition) is 4. The largest absolute Gasteiger partial charge is 0.497 e. The minimum absolute atomic E-state index is 0.0612. The summed E-state index contributed by atoms with van der Waals surface area (Å²) in [6, 6.07) is 18.1. The Morgan fingerprint density at radius 1 is 1.00 bits per heavy atom. The number of carbonyl (C=O) groups excluding carboxylic acids is 1. The number of rotatable bonds is 11. The van der Waals surface area contributed by atoms with E-state index >= 15 is 0 Å². The summed E-state index contributed by atoms with van der Waals surface area (Å²) in [4.78, 5) is 15.1. The molecule has 5 atom stereocenters. The van der Waals surface area contributed by atoms with Gasteiger partial charge in [0.1, 0.15) is 12.0 Å². The van der Waals surface area contributed by atoms with E-state index < -0.39 is 8.32 Å². The summed E-state index contributed by atoms with van der Waals surface area (Å²) >= 11 is 0. The zero-order chi connectivity index (χ0) is 29.6. The van der Waals surface area contributed by atoms with E-state index in [0.29, 0.717) is 35.0 Å². The average Bonchev–Trinajstić information content (AvgIpc) is 3.19. The second-order valence-corrected chi connectivity index (χ2v) is 20.0. The standard InChI is InChI=1S/C36H53NO3Si/c1-25(2)41(26(3)4,27(5)6)40-23-31-30-21-29(39-8)15-16-32(30)36-19-12-18-35(7,33(36)17-20-38)24-37(34(31)36)22-28-13-10-9-11-14-28/h9-11,13-16,20-21,25-27,31,33-34H,12,17-19,22-24H2,1-8H3/t31?,33-,34?,35?,36?/m1/s1. The van der Waals surface area contributed by atoms with E-state index in [9.17, 15) is 4.79 Å². The van der Waals surface area contributed by atoms with Gasteiger partial charge in [-0.15, -0.1) is 0 Å². The van der Waals surface area contributed by atoms with Gasteiger partial charge in [-0.2, -0.15) is 0 Å². The minimum atomic E-state index is -2.08. The Bertz CT molecular complexity index is 1190. The second kappa shape index (κ2) is 11.6. The predicted molar refractivity (Wildman–Crippen MR) is 171 cm³/mol. The van der Waals surface area contributed by atoms with Crippen molar-refractivity contribution in [1.82, 2.24) is 4.90 Å². The number of piperidine rings is 1. The number of methoxy groups -OCH3 is 1. The molecular formula is C36H53NO3Si. The molecule has 1 saturated heterocycles. The molecule has 1 aliphatic heterocycles. The number of fused-ring (bicyclic) bond motifs is 2. The van der Waals surface area contributed by atoms with E-state index in [-0.39, 0.29) is 16.7 Å². The molecule has 1 saturated carbocycles. The number of hydrogen-bond donors (Lipinski definition) is 0. The summed E-state index contributed by atoms with van der Waals surface area (Å²) in [5.41, 5.74) is 5.87. The molecule has 2 aromatic rings. The molecule has 4 unspecified atom stereocenters. The monoisotopic (exact) mass is 575 g/mol. The highest BCUT2D eigenvalue weighted by atomic mass is 28.4. The lowest BCUT2D eigenvalue weighted by atomic mass is 9.48. The van der Waals surface area contributed by atoms with Gasteiger partial charge in [0.25, 0.3) is 0 Å². The van der Waals surface area contributed by atoms with Gasteiger partial charge in [-0.05, 0) is 69.6 Å². The lowest BCUT2D eigenvalue weighted by Crippen LogP contribution is -2.67. The van der Waals surface area contributed by atoms with Gasteiger partial charge >= 0.3 is 0 Å². The first-order valence-corrected chi connectivity index (χ1v) is 18.2. The first-order chi connectivity index (χ1) is 19.5. The van der Waals surface area contributed by atoms with Crippen molar-refractivity contribution in [1.29, 1.82) is 0 Å². The zero-order valence-corrected chi connectivity index (χ0v) is 27.8. The molecule has 224 valence electrons. The van der Waals surface area contributed by atoms with Crippen molar-refractivity contribution in [2.24, 2.45) is 11.3 Å². The van der Waals surface area contributed by atoms with Gasteiger partial charge in [0.2, 0.25) is 0 Å². The summed E-state index contributed by atoms with van der Waals surface area (Å²) in [7, 11) is -0.304. The maximum Gasteiger partial charge on any atom is 0.200 e. The van der Waals surface area contributed by atoms with E-state index in [1.54, 1.807) is 7.11 Å². The van der Waals surface area contributed by atoms with Crippen LogP contribution in [0.25, 0.3) is 0 Å². The molecule has 2 bridgehead atoms. The van der Waals surface area contributed by atoms with Crippen molar-refractivity contribution in [2.45, 2.75) is 115 Å². The Labute approximate surface area is 250 Å². The predicted octanol–water partition coefficient (Wildman–Crippen LogP) is 8.50. The van der Waals surface area contributed by atoms with Gasteiger partial charge in [-0.25, -0.2) is 0 Å². The molecule has 2 aromatic carbocycles. The van der Waals surface area contributed by atoms with Gasteiger partial charge in [-0.1, -0.05) is 91.3 Å². The third kappa shape index (κ3) is 4.84. The van der Waals surface area contributed by atoms with E-state index in [4.69, 9.17) is 9.16 Å². The zero-order valence-electron chi connectivity index (χ0n) is 26.8. The van der Waals surface area contributed by atoms with Crippen molar-refractivity contribution in [2.75, 3.05) is 20.3 Å². The fraction of sp³-hybridized carbons (Fsp3) is 0.639. The van der Waals surface area contributed by atoms with Gasteiger partial charge in [0.15, 0.2) is 8.32 Å². The Kier molecular flexibility index (Phi) is 8.64. The van der Waals surface area contributed by atoms with Crippen molar-refractivity contribution >= 4 is 14.6 Å². The number of nitrogens with zero attached hydrogens (tertiary/aromatic N) is 1. The number of ether oxygens (including phenoxy) is 1. The molecule has 1 heterocycles. The van der Waals surface area contributed by atoms with Crippen molar-refractivity contribution < 1.29 is 14.0 Å². The van der Waals surface area contributed by atoms with Gasteiger partial charge < -0.3 is 14.0 Å². The van der Waals surface area contributed by atoms with Crippen LogP contribution >= 0.6 is 0 Å². The normalized spacial score (nSPS) is 29.6. The van der Waals surface area contributed by atoms with Crippen molar-refractivity contribution in [3.05, 3.63) is 65.2 Å². The summed E-state index contributed by atoms with van der Waals surface area (Å²) in [6.45, 7) is 19.5. The third-order valence-electron chi connectivity index (χ3n) is 11.6. The Morgan fingerprint density at radius 3 is 2.29 bits per heavy atom. The van der Waals surface area contributed by atoms with E-state index in [1.165, 1.54) is 35.8 Å². The van der Waals surface area contributed by atoms with Crippen LogP contribution in [0.4, 0.5) is 0 Å². The smallest absolute Gasteiger partial charge is 0.200 e. The molecular weight excluding hydrogens is 522 g/mol. The van der Waals surface area contributed by atoms with Crippen LogP contribution in [0, 0.1) is 11.3 Å². The second-order valence-electron chi connectivity index (χ2n) is 14.5. The van der Waals surface area contributed by atoms with E-state index in [0.717, 1.165) is 31.9 Å². The quantitative estimate of drug-likeness (QED) is 0.199. The number of aldehydes is 1. The molecule has 0 radical (unpaired) electrons. The molecule has 2 aliphatic carbocycles. The maximum absolute atomic E-state index is 12.3. The first kappa shape index (κ1) is 30.5. The van der Waals surface area contributed by atoms with Crippen LogP contribution in [0.5, 0.6) is 5.75 Å². The van der Waals surface area contributed by atoms with E-state index in [1.807, 2.05) is 0 Å². The molecule has 1 spiro atoms. The highest BCUT2D eigenvalue weighted by Crippen LogP contribution is 2.66. The number of likely N-dealkylation sites (tertiary alicyclic amines) is 1. The first-order valence-electron chi connectivity index (χ1n) is 16.1. The summed E-state index contributed by atoms with van der Waals surface area (Å²) in [5.74, 6) is 1.49. The molecule has 0 aromatic heterocycles. The van der Waals surface area contributed by atoms with Crippen LogP contribution in [0.2, 0.25) is 16.6 Å². The molecule has 41 heavy (non-hydrogen) atoms.